The van der Waals surface area contributed by atoms with Crippen molar-refractivity contribution in [3.8, 4) is 5.69 Å². The van der Waals surface area contributed by atoms with Crippen LogP contribution in [0.4, 0.5) is 0 Å². The Balaban J connectivity index is 1.58. The van der Waals surface area contributed by atoms with E-state index in [0.717, 1.165) is 17.0 Å². The van der Waals surface area contributed by atoms with E-state index in [0.29, 0.717) is 12.3 Å². The lowest BCUT2D eigenvalue weighted by atomic mass is 10.2. The molecule has 0 bridgehead atoms. The van der Waals surface area contributed by atoms with E-state index in [4.69, 9.17) is 4.42 Å². The van der Waals surface area contributed by atoms with Crippen LogP contribution < -0.4 is 0 Å². The van der Waals surface area contributed by atoms with Crippen LogP contribution in [0.1, 0.15) is 22.3 Å². The number of hydrogen-bond donors (Lipinski definition) is 0. The molecular formula is C19H18N2O2S. The van der Waals surface area contributed by atoms with E-state index in [1.165, 1.54) is 5.56 Å². The highest BCUT2D eigenvalue weighted by Crippen LogP contribution is 2.40. The highest BCUT2D eigenvalue weighted by molar-refractivity contribution is 8.00. The first-order valence-electron chi connectivity index (χ1n) is 7.89. The Morgan fingerprint density at radius 1 is 1.21 bits per heavy atom. The van der Waals surface area contributed by atoms with Gasteiger partial charge in [0, 0.05) is 23.6 Å². The molecule has 4 rings (SSSR count). The van der Waals surface area contributed by atoms with Crippen molar-refractivity contribution in [2.45, 2.75) is 18.8 Å². The molecular weight excluding hydrogens is 320 g/mol. The molecule has 1 unspecified atom stereocenters. The van der Waals surface area contributed by atoms with E-state index in [2.05, 4.69) is 54.2 Å². The lowest BCUT2D eigenvalue weighted by Crippen LogP contribution is -2.27. The van der Waals surface area contributed by atoms with Crippen molar-refractivity contribution in [2.24, 2.45) is 0 Å². The fourth-order valence-electron chi connectivity index (χ4n) is 2.91. The molecule has 4 nitrogen and oxygen atoms in total. The summed E-state index contributed by atoms with van der Waals surface area (Å²) in [6, 6.07) is 14.3. The molecule has 1 amide bonds. The molecule has 1 aliphatic heterocycles. The summed E-state index contributed by atoms with van der Waals surface area (Å²) < 4.78 is 7.51. The van der Waals surface area contributed by atoms with Crippen molar-refractivity contribution in [2.75, 3.05) is 5.75 Å². The third kappa shape index (κ3) is 2.87. The first-order valence-corrected chi connectivity index (χ1v) is 8.94. The number of nitrogens with zero attached hydrogens (tertiary/aromatic N) is 2. The predicted octanol–water partition coefficient (Wildman–Crippen LogP) is 4.15. The predicted molar refractivity (Wildman–Crippen MR) is 95.0 cm³/mol. The maximum atomic E-state index is 12.3. The fraction of sp³-hybridized carbons (Fsp3) is 0.211. The standard InChI is InChI=1S/C19H18N2O2S/c1-14-4-6-16(7-5-14)20-9-8-15(11-20)19-21(18(22)13-24-19)12-17-3-2-10-23-17/h2-11,19H,12-13H2,1H3. The van der Waals surface area contributed by atoms with Gasteiger partial charge >= 0.3 is 0 Å². The molecule has 0 radical (unpaired) electrons. The van der Waals surface area contributed by atoms with Gasteiger partial charge in [-0.1, -0.05) is 17.7 Å². The van der Waals surface area contributed by atoms with E-state index < -0.39 is 0 Å². The van der Waals surface area contributed by atoms with Gasteiger partial charge in [0.2, 0.25) is 5.91 Å². The molecule has 0 saturated carbocycles. The lowest BCUT2D eigenvalue weighted by molar-refractivity contribution is -0.128. The molecule has 1 aromatic carbocycles. The Bertz CT molecular complexity index is 837. The van der Waals surface area contributed by atoms with Gasteiger partial charge < -0.3 is 13.9 Å². The van der Waals surface area contributed by atoms with E-state index >= 15 is 0 Å². The van der Waals surface area contributed by atoms with Crippen LogP contribution in [0, 0.1) is 6.92 Å². The third-order valence-corrected chi connectivity index (χ3v) is 5.46. The summed E-state index contributed by atoms with van der Waals surface area (Å²) >= 11 is 1.67. The quantitative estimate of drug-likeness (QED) is 0.717. The lowest BCUT2D eigenvalue weighted by Gasteiger charge is -2.22. The van der Waals surface area contributed by atoms with Gasteiger partial charge in [0.25, 0.3) is 0 Å². The summed E-state index contributed by atoms with van der Waals surface area (Å²) in [6.07, 6.45) is 5.80. The largest absolute Gasteiger partial charge is 0.467 e. The maximum Gasteiger partial charge on any atom is 0.234 e. The minimum Gasteiger partial charge on any atom is -0.467 e. The number of benzene rings is 1. The number of hydrogen-bond acceptors (Lipinski definition) is 3. The van der Waals surface area contributed by atoms with E-state index in [1.54, 1.807) is 18.0 Å². The minimum absolute atomic E-state index is 0.0364. The summed E-state index contributed by atoms with van der Waals surface area (Å²) in [4.78, 5) is 14.1. The topological polar surface area (TPSA) is 38.4 Å². The zero-order valence-electron chi connectivity index (χ0n) is 13.4. The van der Waals surface area contributed by atoms with Crippen LogP contribution in [-0.4, -0.2) is 21.1 Å². The molecule has 0 spiro atoms. The number of furan rings is 1. The normalized spacial score (nSPS) is 17.6. The van der Waals surface area contributed by atoms with Gasteiger partial charge in [0.05, 0.1) is 18.6 Å². The fourth-order valence-corrected chi connectivity index (χ4v) is 4.08. The van der Waals surface area contributed by atoms with Crippen LogP contribution in [0.15, 0.2) is 65.5 Å². The number of rotatable bonds is 4. The highest BCUT2D eigenvalue weighted by Gasteiger charge is 2.33. The molecule has 2 aromatic heterocycles. The molecule has 5 heteroatoms. The minimum atomic E-state index is 0.0364. The van der Waals surface area contributed by atoms with E-state index in [9.17, 15) is 4.79 Å². The van der Waals surface area contributed by atoms with Crippen molar-refractivity contribution < 1.29 is 9.21 Å². The van der Waals surface area contributed by atoms with E-state index in [1.807, 2.05) is 17.0 Å². The molecule has 1 saturated heterocycles. The number of thioether (sulfide) groups is 1. The SMILES string of the molecule is Cc1ccc(-n2ccc(C3SCC(=O)N3Cc3ccco3)c2)cc1. The van der Waals surface area contributed by atoms with Crippen LogP contribution in [0.25, 0.3) is 5.69 Å². The zero-order chi connectivity index (χ0) is 16.5. The van der Waals surface area contributed by atoms with Gasteiger partial charge in [-0.05, 0) is 37.3 Å². The van der Waals surface area contributed by atoms with Gasteiger partial charge in [-0.2, -0.15) is 0 Å². The summed E-state index contributed by atoms with van der Waals surface area (Å²) in [7, 11) is 0. The van der Waals surface area contributed by atoms with Crippen LogP contribution in [0.2, 0.25) is 0 Å². The molecule has 0 aliphatic carbocycles. The summed E-state index contributed by atoms with van der Waals surface area (Å²) in [5.41, 5.74) is 3.50. The summed E-state index contributed by atoms with van der Waals surface area (Å²) in [5, 5.41) is 0.0364. The van der Waals surface area contributed by atoms with Crippen LogP contribution in [-0.2, 0) is 11.3 Å². The Labute approximate surface area is 145 Å². The van der Waals surface area contributed by atoms with Gasteiger partial charge in [-0.3, -0.25) is 4.79 Å². The Kier molecular flexibility index (Phi) is 3.94. The van der Waals surface area contributed by atoms with E-state index in [-0.39, 0.29) is 11.3 Å². The summed E-state index contributed by atoms with van der Waals surface area (Å²) in [5.74, 6) is 1.49. The first-order chi connectivity index (χ1) is 11.7. The smallest absolute Gasteiger partial charge is 0.234 e. The molecule has 1 aliphatic rings. The number of aryl methyl sites for hydroxylation is 1. The second kappa shape index (κ2) is 6.24. The molecule has 1 atom stereocenters. The van der Waals surface area contributed by atoms with Gasteiger partial charge in [-0.25, -0.2) is 0 Å². The number of amides is 1. The molecule has 1 fully saturated rings. The molecule has 0 N–H and O–H groups in total. The van der Waals surface area contributed by atoms with Crippen molar-refractivity contribution in [3.05, 3.63) is 78.0 Å². The zero-order valence-corrected chi connectivity index (χ0v) is 14.2. The molecule has 3 aromatic rings. The van der Waals surface area contributed by atoms with Crippen LogP contribution in [0.5, 0.6) is 0 Å². The third-order valence-electron chi connectivity index (χ3n) is 4.21. The van der Waals surface area contributed by atoms with Crippen molar-refractivity contribution >= 4 is 17.7 Å². The number of aromatic nitrogens is 1. The average Bonchev–Trinajstić information content (AvgIpc) is 3.31. The Morgan fingerprint density at radius 3 is 2.79 bits per heavy atom. The first kappa shape index (κ1) is 15.1. The summed E-state index contributed by atoms with van der Waals surface area (Å²) in [6.45, 7) is 2.59. The van der Waals surface area contributed by atoms with Crippen molar-refractivity contribution in [1.82, 2.24) is 9.47 Å². The maximum absolute atomic E-state index is 12.3. The van der Waals surface area contributed by atoms with Gasteiger partial charge in [0.1, 0.15) is 11.1 Å². The second-order valence-corrected chi connectivity index (χ2v) is 7.02. The Morgan fingerprint density at radius 2 is 2.04 bits per heavy atom. The molecule has 24 heavy (non-hydrogen) atoms. The van der Waals surface area contributed by atoms with Crippen LogP contribution >= 0.6 is 11.8 Å². The van der Waals surface area contributed by atoms with Crippen molar-refractivity contribution in [1.29, 1.82) is 0 Å². The van der Waals surface area contributed by atoms with Gasteiger partial charge in [0.15, 0.2) is 0 Å². The van der Waals surface area contributed by atoms with Crippen molar-refractivity contribution in [3.63, 3.8) is 0 Å². The second-order valence-electron chi connectivity index (χ2n) is 5.95. The number of carbonyl (C=O) groups is 1. The van der Waals surface area contributed by atoms with Crippen LogP contribution in [0.3, 0.4) is 0 Å². The Hall–Kier alpha value is -2.40. The molecule has 122 valence electrons. The molecule has 3 heterocycles. The number of carbonyl (C=O) groups excluding carboxylic acids is 1. The highest BCUT2D eigenvalue weighted by atomic mass is 32.2. The monoisotopic (exact) mass is 338 g/mol. The van der Waals surface area contributed by atoms with Gasteiger partial charge in [-0.15, -0.1) is 11.8 Å². The average molecular weight is 338 g/mol.